The van der Waals surface area contributed by atoms with Crippen LogP contribution in [0.4, 0.5) is 11.5 Å². The Bertz CT molecular complexity index is 814. The van der Waals surface area contributed by atoms with Gasteiger partial charge in [-0.3, -0.25) is 4.79 Å². The first-order chi connectivity index (χ1) is 10.6. The standard InChI is InChI=1S/C11H9ClN8O2/c12-6-3-1-2-4-7(6)14-8(21)5-20-16-11(15-19-20)9-10(13)18-22-17-9/h1-4H,5H2,(H2,13,18)(H,14,21). The highest BCUT2D eigenvalue weighted by molar-refractivity contribution is 6.33. The number of benzene rings is 1. The summed E-state index contributed by atoms with van der Waals surface area (Å²) >= 11 is 5.96. The third-order valence-corrected chi connectivity index (χ3v) is 2.94. The number of hydrogen-bond acceptors (Lipinski definition) is 8. The minimum Gasteiger partial charge on any atom is -0.379 e. The van der Waals surface area contributed by atoms with Gasteiger partial charge >= 0.3 is 0 Å². The first-order valence-corrected chi connectivity index (χ1v) is 6.42. The number of nitrogen functional groups attached to an aromatic ring is 1. The van der Waals surface area contributed by atoms with Gasteiger partial charge in [-0.05, 0) is 27.7 Å². The molecule has 0 aliphatic heterocycles. The zero-order valence-electron chi connectivity index (χ0n) is 11.0. The molecule has 1 amide bonds. The number of anilines is 2. The second kappa shape index (κ2) is 5.77. The summed E-state index contributed by atoms with van der Waals surface area (Å²) in [6, 6.07) is 6.87. The molecule has 0 radical (unpaired) electrons. The Hall–Kier alpha value is -3.01. The fourth-order valence-electron chi connectivity index (χ4n) is 1.64. The Morgan fingerprint density at radius 2 is 2.18 bits per heavy atom. The Balaban J connectivity index is 1.69. The van der Waals surface area contributed by atoms with Crippen molar-refractivity contribution in [1.29, 1.82) is 0 Å². The van der Waals surface area contributed by atoms with Crippen LogP contribution in [0.15, 0.2) is 28.9 Å². The van der Waals surface area contributed by atoms with E-state index in [4.69, 9.17) is 17.3 Å². The first kappa shape index (κ1) is 13.9. The Kier molecular flexibility index (Phi) is 3.66. The summed E-state index contributed by atoms with van der Waals surface area (Å²) in [5, 5.41) is 21.5. The smallest absolute Gasteiger partial charge is 0.248 e. The van der Waals surface area contributed by atoms with E-state index in [1.165, 1.54) is 0 Å². The molecule has 3 rings (SSSR count). The van der Waals surface area contributed by atoms with E-state index in [1.54, 1.807) is 24.3 Å². The van der Waals surface area contributed by atoms with Gasteiger partial charge in [0.15, 0.2) is 11.5 Å². The molecule has 0 unspecified atom stereocenters. The summed E-state index contributed by atoms with van der Waals surface area (Å²) in [4.78, 5) is 13.0. The van der Waals surface area contributed by atoms with E-state index in [9.17, 15) is 4.79 Å². The van der Waals surface area contributed by atoms with Crippen LogP contribution in [0.1, 0.15) is 0 Å². The van der Waals surface area contributed by atoms with Crippen LogP contribution in [-0.2, 0) is 11.3 Å². The van der Waals surface area contributed by atoms with Gasteiger partial charge in [0.05, 0.1) is 10.7 Å². The molecule has 22 heavy (non-hydrogen) atoms. The zero-order valence-corrected chi connectivity index (χ0v) is 11.7. The fraction of sp³-hybridized carbons (Fsp3) is 0.0909. The van der Waals surface area contributed by atoms with Crippen LogP contribution >= 0.6 is 11.6 Å². The number of nitrogens with one attached hydrogen (secondary N) is 1. The Morgan fingerprint density at radius 3 is 2.91 bits per heavy atom. The molecule has 3 aromatic rings. The highest BCUT2D eigenvalue weighted by atomic mass is 35.5. The lowest BCUT2D eigenvalue weighted by Gasteiger charge is -2.05. The number of rotatable bonds is 4. The monoisotopic (exact) mass is 320 g/mol. The number of carbonyl (C=O) groups is 1. The average Bonchev–Trinajstić information content (AvgIpc) is 3.10. The lowest BCUT2D eigenvalue weighted by Crippen LogP contribution is -2.20. The highest BCUT2D eigenvalue weighted by Crippen LogP contribution is 2.20. The average molecular weight is 321 g/mol. The van der Waals surface area contributed by atoms with E-state index in [-0.39, 0.29) is 29.8 Å². The number of tetrazole rings is 1. The van der Waals surface area contributed by atoms with Crippen molar-refractivity contribution in [2.75, 3.05) is 11.1 Å². The van der Waals surface area contributed by atoms with Crippen molar-refractivity contribution in [2.45, 2.75) is 6.54 Å². The normalized spacial score (nSPS) is 10.6. The largest absolute Gasteiger partial charge is 0.379 e. The van der Waals surface area contributed by atoms with Gasteiger partial charge in [0, 0.05) is 0 Å². The predicted molar refractivity (Wildman–Crippen MR) is 75.6 cm³/mol. The van der Waals surface area contributed by atoms with Crippen molar-refractivity contribution in [3.05, 3.63) is 29.3 Å². The van der Waals surface area contributed by atoms with Gasteiger partial charge in [0.2, 0.25) is 11.7 Å². The van der Waals surface area contributed by atoms with Gasteiger partial charge in [-0.2, -0.15) is 4.80 Å². The zero-order chi connectivity index (χ0) is 15.5. The van der Waals surface area contributed by atoms with Gasteiger partial charge in [0.1, 0.15) is 6.54 Å². The Morgan fingerprint density at radius 1 is 1.36 bits per heavy atom. The number of amides is 1. The van der Waals surface area contributed by atoms with Crippen molar-refractivity contribution < 1.29 is 9.42 Å². The van der Waals surface area contributed by atoms with Gasteiger partial charge in [-0.25, -0.2) is 4.63 Å². The molecular formula is C11H9ClN8O2. The molecule has 0 atom stereocenters. The van der Waals surface area contributed by atoms with Crippen LogP contribution in [0, 0.1) is 0 Å². The predicted octanol–water partition coefficient (Wildman–Crippen LogP) is 0.597. The lowest BCUT2D eigenvalue weighted by atomic mass is 10.3. The maximum Gasteiger partial charge on any atom is 0.248 e. The highest BCUT2D eigenvalue weighted by Gasteiger charge is 2.16. The number of nitrogens with zero attached hydrogens (tertiary/aromatic N) is 6. The summed E-state index contributed by atoms with van der Waals surface area (Å²) < 4.78 is 4.45. The quantitative estimate of drug-likeness (QED) is 0.712. The number of aromatic nitrogens is 6. The second-order valence-corrected chi connectivity index (χ2v) is 4.58. The second-order valence-electron chi connectivity index (χ2n) is 4.17. The topological polar surface area (TPSA) is 138 Å². The van der Waals surface area contributed by atoms with Crippen LogP contribution in [-0.4, -0.2) is 36.4 Å². The van der Waals surface area contributed by atoms with Gasteiger partial charge in [-0.15, -0.1) is 10.2 Å². The molecule has 0 fully saturated rings. The molecule has 112 valence electrons. The molecule has 0 bridgehead atoms. The minimum atomic E-state index is -0.358. The maximum atomic E-state index is 11.9. The van der Waals surface area contributed by atoms with Crippen molar-refractivity contribution in [3.63, 3.8) is 0 Å². The summed E-state index contributed by atoms with van der Waals surface area (Å²) in [6.45, 7) is -0.149. The van der Waals surface area contributed by atoms with Gasteiger partial charge in [-0.1, -0.05) is 23.7 Å². The van der Waals surface area contributed by atoms with Crippen LogP contribution in [0.2, 0.25) is 5.02 Å². The summed E-state index contributed by atoms with van der Waals surface area (Å²) in [7, 11) is 0. The van der Waals surface area contributed by atoms with Crippen LogP contribution in [0.3, 0.4) is 0 Å². The summed E-state index contributed by atoms with van der Waals surface area (Å²) in [5.74, 6) is -0.201. The van der Waals surface area contributed by atoms with Crippen molar-refractivity contribution in [1.82, 2.24) is 30.5 Å². The molecule has 0 saturated carbocycles. The molecule has 10 nitrogen and oxygen atoms in total. The maximum absolute atomic E-state index is 11.9. The molecule has 0 aliphatic carbocycles. The van der Waals surface area contributed by atoms with Crippen molar-refractivity contribution in [2.24, 2.45) is 0 Å². The van der Waals surface area contributed by atoms with E-state index in [0.29, 0.717) is 10.7 Å². The number of nitrogens with two attached hydrogens (primary N) is 1. The third-order valence-electron chi connectivity index (χ3n) is 2.61. The third kappa shape index (κ3) is 2.86. The van der Waals surface area contributed by atoms with E-state index in [1.807, 2.05) is 0 Å². The van der Waals surface area contributed by atoms with E-state index < -0.39 is 0 Å². The SMILES string of the molecule is Nc1nonc1-c1nnn(CC(=O)Nc2ccccc2Cl)n1. The van der Waals surface area contributed by atoms with E-state index in [2.05, 4.69) is 35.7 Å². The van der Waals surface area contributed by atoms with Gasteiger partial charge < -0.3 is 11.1 Å². The molecule has 2 heterocycles. The van der Waals surface area contributed by atoms with E-state index in [0.717, 1.165) is 4.80 Å². The van der Waals surface area contributed by atoms with E-state index >= 15 is 0 Å². The summed E-state index contributed by atoms with van der Waals surface area (Å²) in [5.41, 5.74) is 6.19. The molecule has 1 aromatic carbocycles. The lowest BCUT2D eigenvalue weighted by molar-refractivity contribution is -0.117. The van der Waals surface area contributed by atoms with Gasteiger partial charge in [0.25, 0.3) is 0 Å². The summed E-state index contributed by atoms with van der Waals surface area (Å²) in [6.07, 6.45) is 0. The first-order valence-electron chi connectivity index (χ1n) is 6.04. The Labute approximate surface area is 128 Å². The molecule has 11 heteroatoms. The number of para-hydroxylation sites is 1. The molecule has 0 saturated heterocycles. The van der Waals surface area contributed by atoms with Crippen LogP contribution in [0.25, 0.3) is 11.5 Å². The minimum absolute atomic E-state index is 0.0417. The number of halogens is 1. The molecular weight excluding hydrogens is 312 g/mol. The molecule has 2 aromatic heterocycles. The fourth-order valence-corrected chi connectivity index (χ4v) is 1.82. The molecule has 0 spiro atoms. The van der Waals surface area contributed by atoms with Crippen LogP contribution in [0.5, 0.6) is 0 Å². The van der Waals surface area contributed by atoms with Crippen LogP contribution < -0.4 is 11.1 Å². The molecule has 3 N–H and O–H groups in total. The number of carbonyl (C=O) groups excluding carboxylic acids is 1. The van der Waals surface area contributed by atoms with Crippen molar-refractivity contribution in [3.8, 4) is 11.5 Å². The van der Waals surface area contributed by atoms with Crippen molar-refractivity contribution >= 4 is 29.0 Å². The number of hydrogen-bond donors (Lipinski definition) is 2. The molecule has 0 aliphatic rings.